The third-order valence-electron chi connectivity index (χ3n) is 3.24. The van der Waals surface area contributed by atoms with Gasteiger partial charge in [-0.3, -0.25) is 4.57 Å². The lowest BCUT2D eigenvalue weighted by atomic mass is 10.2. The van der Waals surface area contributed by atoms with Crippen molar-refractivity contribution in [3.8, 4) is 5.69 Å². The Hall–Kier alpha value is -3.02. The number of esters is 1. The third-order valence-corrected chi connectivity index (χ3v) is 3.24. The zero-order valence-electron chi connectivity index (χ0n) is 11.9. The second kappa shape index (κ2) is 6.39. The fourth-order valence-electron chi connectivity index (χ4n) is 2.06. The zero-order valence-corrected chi connectivity index (χ0v) is 11.9. The molecule has 0 atom stereocenters. The van der Waals surface area contributed by atoms with Gasteiger partial charge in [0.15, 0.2) is 5.69 Å². The summed E-state index contributed by atoms with van der Waals surface area (Å²) < 4.78 is 32.5. The Morgan fingerprint density at radius 2 is 1.61 bits per heavy atom. The van der Waals surface area contributed by atoms with E-state index >= 15 is 0 Å². The SMILES string of the molecule is O=C(OCc1ccc(F)cc1)c1cncn1-c1ccc(F)cc1. The fraction of sp³-hybridized carbons (Fsp3) is 0.0588. The van der Waals surface area contributed by atoms with Crippen molar-refractivity contribution in [1.29, 1.82) is 0 Å². The van der Waals surface area contributed by atoms with Crippen LogP contribution in [0.3, 0.4) is 0 Å². The van der Waals surface area contributed by atoms with E-state index in [4.69, 9.17) is 4.74 Å². The highest BCUT2D eigenvalue weighted by molar-refractivity contribution is 5.88. The smallest absolute Gasteiger partial charge is 0.357 e. The predicted octanol–water partition coefficient (Wildman–Crippen LogP) is 3.51. The van der Waals surface area contributed by atoms with E-state index in [1.165, 1.54) is 53.5 Å². The van der Waals surface area contributed by atoms with Crippen LogP contribution in [0.4, 0.5) is 8.78 Å². The van der Waals surface area contributed by atoms with Crippen LogP contribution in [0.2, 0.25) is 0 Å². The Morgan fingerprint density at radius 3 is 2.26 bits per heavy atom. The molecule has 0 saturated heterocycles. The molecule has 1 heterocycles. The van der Waals surface area contributed by atoms with Crippen molar-refractivity contribution >= 4 is 5.97 Å². The molecule has 0 N–H and O–H groups in total. The summed E-state index contributed by atoms with van der Waals surface area (Å²) in [5.74, 6) is -1.29. The summed E-state index contributed by atoms with van der Waals surface area (Å²) in [5.41, 5.74) is 1.49. The molecule has 0 saturated carbocycles. The Labute approximate surface area is 131 Å². The van der Waals surface area contributed by atoms with E-state index in [0.717, 1.165) is 0 Å². The van der Waals surface area contributed by atoms with Crippen LogP contribution in [0.5, 0.6) is 0 Å². The monoisotopic (exact) mass is 314 g/mol. The van der Waals surface area contributed by atoms with Crippen LogP contribution in [-0.4, -0.2) is 15.5 Å². The number of carbonyl (C=O) groups is 1. The van der Waals surface area contributed by atoms with Gasteiger partial charge in [0.25, 0.3) is 0 Å². The van der Waals surface area contributed by atoms with Gasteiger partial charge in [-0.1, -0.05) is 12.1 Å². The lowest BCUT2D eigenvalue weighted by molar-refractivity contribution is 0.0463. The summed E-state index contributed by atoms with van der Waals surface area (Å²) in [4.78, 5) is 16.1. The molecule has 3 rings (SSSR count). The van der Waals surface area contributed by atoms with Crippen molar-refractivity contribution < 1.29 is 18.3 Å². The normalized spacial score (nSPS) is 10.5. The van der Waals surface area contributed by atoms with Gasteiger partial charge in [0.1, 0.15) is 18.2 Å². The molecular weight excluding hydrogens is 302 g/mol. The highest BCUT2D eigenvalue weighted by atomic mass is 19.1. The quantitative estimate of drug-likeness (QED) is 0.692. The fourth-order valence-corrected chi connectivity index (χ4v) is 2.06. The Balaban J connectivity index is 1.74. The number of nitrogens with zero attached hydrogens (tertiary/aromatic N) is 2. The number of imidazole rings is 1. The largest absolute Gasteiger partial charge is 0.456 e. The van der Waals surface area contributed by atoms with Gasteiger partial charge in [0, 0.05) is 5.69 Å². The molecule has 3 aromatic rings. The second-order valence-corrected chi connectivity index (χ2v) is 4.83. The first kappa shape index (κ1) is 14.9. The van der Waals surface area contributed by atoms with Gasteiger partial charge in [-0.25, -0.2) is 18.6 Å². The van der Waals surface area contributed by atoms with Crippen LogP contribution in [-0.2, 0) is 11.3 Å². The minimum Gasteiger partial charge on any atom is -0.456 e. The highest BCUT2D eigenvalue weighted by Gasteiger charge is 2.14. The van der Waals surface area contributed by atoms with E-state index in [1.807, 2.05) is 0 Å². The number of hydrogen-bond acceptors (Lipinski definition) is 3. The lowest BCUT2D eigenvalue weighted by Crippen LogP contribution is -2.10. The van der Waals surface area contributed by atoms with Crippen molar-refractivity contribution in [3.63, 3.8) is 0 Å². The number of aromatic nitrogens is 2. The van der Waals surface area contributed by atoms with Crippen LogP contribution in [0.25, 0.3) is 5.69 Å². The summed E-state index contributed by atoms with van der Waals surface area (Å²) in [6.45, 7) is 0.0215. The highest BCUT2D eigenvalue weighted by Crippen LogP contribution is 2.14. The standard InChI is InChI=1S/C17H12F2N2O2/c18-13-3-1-12(2-4-13)10-23-17(22)16-9-20-11-21(16)15-7-5-14(19)6-8-15/h1-9,11H,10H2. The molecule has 0 amide bonds. The van der Waals surface area contributed by atoms with Gasteiger partial charge in [-0.05, 0) is 42.0 Å². The van der Waals surface area contributed by atoms with Crippen molar-refractivity contribution in [2.24, 2.45) is 0 Å². The van der Waals surface area contributed by atoms with Crippen molar-refractivity contribution in [3.05, 3.63) is 83.9 Å². The van der Waals surface area contributed by atoms with E-state index in [0.29, 0.717) is 11.3 Å². The molecule has 0 fully saturated rings. The third kappa shape index (κ3) is 3.42. The van der Waals surface area contributed by atoms with Crippen LogP contribution >= 0.6 is 0 Å². The van der Waals surface area contributed by atoms with E-state index in [-0.39, 0.29) is 23.9 Å². The Morgan fingerprint density at radius 1 is 1.00 bits per heavy atom. The molecule has 0 radical (unpaired) electrons. The lowest BCUT2D eigenvalue weighted by Gasteiger charge is -2.08. The molecule has 2 aromatic carbocycles. The van der Waals surface area contributed by atoms with Gasteiger partial charge in [-0.2, -0.15) is 0 Å². The summed E-state index contributed by atoms with van der Waals surface area (Å²) >= 11 is 0. The maximum atomic E-state index is 13.0. The summed E-state index contributed by atoms with van der Waals surface area (Å²) in [6.07, 6.45) is 2.82. The van der Waals surface area contributed by atoms with Gasteiger partial charge >= 0.3 is 5.97 Å². The maximum absolute atomic E-state index is 13.0. The summed E-state index contributed by atoms with van der Waals surface area (Å²) in [7, 11) is 0. The molecule has 4 nitrogen and oxygen atoms in total. The molecule has 0 aliphatic carbocycles. The molecule has 0 bridgehead atoms. The number of hydrogen-bond donors (Lipinski definition) is 0. The molecule has 0 aliphatic rings. The van der Waals surface area contributed by atoms with E-state index in [1.54, 1.807) is 12.1 Å². The number of benzene rings is 2. The average molecular weight is 314 g/mol. The van der Waals surface area contributed by atoms with Gasteiger partial charge < -0.3 is 4.74 Å². The van der Waals surface area contributed by atoms with E-state index in [2.05, 4.69) is 4.98 Å². The maximum Gasteiger partial charge on any atom is 0.357 e. The van der Waals surface area contributed by atoms with Crippen molar-refractivity contribution in [1.82, 2.24) is 9.55 Å². The minimum absolute atomic E-state index is 0.0215. The Kier molecular flexibility index (Phi) is 4.14. The van der Waals surface area contributed by atoms with Crippen molar-refractivity contribution in [2.75, 3.05) is 0 Å². The van der Waals surface area contributed by atoms with Gasteiger partial charge in [-0.15, -0.1) is 0 Å². The Bertz CT molecular complexity index is 811. The summed E-state index contributed by atoms with van der Waals surface area (Å²) in [5, 5.41) is 0. The molecule has 116 valence electrons. The molecule has 1 aromatic heterocycles. The number of ether oxygens (including phenoxy) is 1. The first-order valence-corrected chi connectivity index (χ1v) is 6.83. The van der Waals surface area contributed by atoms with Gasteiger partial charge in [0.2, 0.25) is 0 Å². The topological polar surface area (TPSA) is 44.1 Å². The zero-order chi connectivity index (χ0) is 16.2. The number of carbonyl (C=O) groups excluding carboxylic acids is 1. The van der Waals surface area contributed by atoms with Gasteiger partial charge in [0.05, 0.1) is 12.5 Å². The molecular formula is C17H12F2N2O2. The minimum atomic E-state index is -0.573. The summed E-state index contributed by atoms with van der Waals surface area (Å²) in [6, 6.07) is 11.3. The molecule has 6 heteroatoms. The van der Waals surface area contributed by atoms with Crippen LogP contribution in [0.15, 0.2) is 61.1 Å². The first-order valence-electron chi connectivity index (χ1n) is 6.83. The van der Waals surface area contributed by atoms with E-state index in [9.17, 15) is 13.6 Å². The molecule has 0 unspecified atom stereocenters. The average Bonchev–Trinajstić information content (AvgIpc) is 3.04. The first-order chi connectivity index (χ1) is 11.1. The second-order valence-electron chi connectivity index (χ2n) is 4.83. The van der Waals surface area contributed by atoms with E-state index < -0.39 is 5.97 Å². The molecule has 0 aliphatic heterocycles. The van der Waals surface area contributed by atoms with Crippen molar-refractivity contribution in [2.45, 2.75) is 6.61 Å². The number of rotatable bonds is 4. The predicted molar refractivity (Wildman–Crippen MR) is 79.0 cm³/mol. The van der Waals surface area contributed by atoms with Crippen LogP contribution in [0.1, 0.15) is 16.1 Å². The van der Waals surface area contributed by atoms with Crippen LogP contribution < -0.4 is 0 Å². The van der Waals surface area contributed by atoms with Crippen LogP contribution in [0, 0.1) is 11.6 Å². The molecule has 23 heavy (non-hydrogen) atoms. The molecule has 0 spiro atoms. The number of halogens is 2.